The minimum atomic E-state index is -0.00211. The Morgan fingerprint density at radius 3 is 2.56 bits per heavy atom. The van der Waals surface area contributed by atoms with Crippen LogP contribution in [0.1, 0.15) is 55.9 Å². The number of benzene rings is 2. The van der Waals surface area contributed by atoms with Gasteiger partial charge in [0.2, 0.25) is 0 Å². The monoisotopic (exact) mass is 423 g/mol. The summed E-state index contributed by atoms with van der Waals surface area (Å²) < 4.78 is 2.48. The zero-order chi connectivity index (χ0) is 22.8. The maximum atomic E-state index is 2.48. The molecule has 0 aromatic heterocycles. The molecule has 2 unspecified atom stereocenters. The van der Waals surface area contributed by atoms with Crippen molar-refractivity contribution in [3.8, 4) is 0 Å². The molecule has 0 spiro atoms. The average Bonchev–Trinajstić information content (AvgIpc) is 3.07. The van der Waals surface area contributed by atoms with Crippen LogP contribution in [0.4, 0.5) is 5.69 Å². The van der Waals surface area contributed by atoms with Crippen molar-refractivity contribution in [3.63, 3.8) is 0 Å². The summed E-state index contributed by atoms with van der Waals surface area (Å²) in [5.74, 6) is 0.471. The fourth-order valence-corrected chi connectivity index (χ4v) is 6.40. The Hall–Kier alpha value is -2.87. The van der Waals surface area contributed by atoms with Crippen molar-refractivity contribution in [1.82, 2.24) is 0 Å². The Bertz CT molecular complexity index is 1220. The molecule has 2 aromatic rings. The molecule has 0 fully saturated rings. The van der Waals surface area contributed by atoms with Crippen molar-refractivity contribution in [2.45, 2.75) is 52.0 Å². The maximum Gasteiger partial charge on any atom is 0.182 e. The Morgan fingerprint density at radius 1 is 1.03 bits per heavy atom. The van der Waals surface area contributed by atoms with Gasteiger partial charge in [0.05, 0.1) is 11.3 Å². The van der Waals surface area contributed by atoms with Crippen LogP contribution < -0.4 is 4.90 Å². The number of aryl methyl sites for hydroxylation is 1. The van der Waals surface area contributed by atoms with E-state index in [0.29, 0.717) is 12.0 Å². The first kappa shape index (κ1) is 21.0. The molecule has 5 rings (SSSR count). The van der Waals surface area contributed by atoms with Gasteiger partial charge >= 0.3 is 0 Å². The van der Waals surface area contributed by atoms with Crippen molar-refractivity contribution in [3.05, 3.63) is 94.7 Å². The molecule has 2 atom stereocenters. The SMILES string of the molecule is Cc1ccc2c(c1)C(C)(C)C(=CC=CC1=[N+](C)C3C=Cc4ccccc4C3C1(C)C)N2C. The molecule has 164 valence electrons. The number of hydrogen-bond acceptors (Lipinski definition) is 1. The number of anilines is 1. The first-order valence-corrected chi connectivity index (χ1v) is 11.7. The summed E-state index contributed by atoms with van der Waals surface area (Å²) in [5, 5.41) is 0. The smallest absolute Gasteiger partial charge is 0.182 e. The molecular formula is C30H35N2+. The molecule has 2 heteroatoms. The van der Waals surface area contributed by atoms with Gasteiger partial charge in [0.15, 0.2) is 11.8 Å². The van der Waals surface area contributed by atoms with Gasteiger partial charge in [-0.15, -0.1) is 0 Å². The van der Waals surface area contributed by atoms with Gasteiger partial charge < -0.3 is 4.90 Å². The molecule has 0 radical (unpaired) electrons. The van der Waals surface area contributed by atoms with E-state index in [1.807, 2.05) is 0 Å². The molecular weight excluding hydrogens is 388 g/mol. The number of hydrogen-bond donors (Lipinski definition) is 0. The minimum Gasteiger partial charge on any atom is -0.347 e. The largest absolute Gasteiger partial charge is 0.347 e. The fraction of sp³-hybridized carbons (Fsp3) is 0.367. The first-order valence-electron chi connectivity index (χ1n) is 11.7. The Kier molecular flexibility index (Phi) is 4.64. The van der Waals surface area contributed by atoms with Crippen LogP contribution >= 0.6 is 0 Å². The minimum absolute atomic E-state index is 0.00211. The van der Waals surface area contributed by atoms with Crippen molar-refractivity contribution in [1.29, 1.82) is 0 Å². The molecule has 1 aliphatic carbocycles. The molecule has 0 bridgehead atoms. The predicted octanol–water partition coefficient (Wildman–Crippen LogP) is 6.46. The van der Waals surface area contributed by atoms with Gasteiger partial charge in [0.1, 0.15) is 7.05 Å². The lowest BCUT2D eigenvalue weighted by Gasteiger charge is -2.29. The van der Waals surface area contributed by atoms with E-state index in [2.05, 4.69) is 131 Å². The highest BCUT2D eigenvalue weighted by atomic mass is 15.2. The van der Waals surface area contributed by atoms with Crippen molar-refractivity contribution >= 4 is 17.5 Å². The molecule has 0 saturated heterocycles. The highest BCUT2D eigenvalue weighted by Crippen LogP contribution is 2.49. The molecule has 2 heterocycles. The summed E-state index contributed by atoms with van der Waals surface area (Å²) in [6, 6.07) is 16.1. The number of likely N-dealkylation sites (N-methyl/N-ethyl adjacent to an activating group) is 2. The molecule has 0 amide bonds. The summed E-state index contributed by atoms with van der Waals surface area (Å²) in [5.41, 5.74) is 9.70. The van der Waals surface area contributed by atoms with Crippen LogP contribution in [0.2, 0.25) is 0 Å². The van der Waals surface area contributed by atoms with Gasteiger partial charge in [0, 0.05) is 29.9 Å². The van der Waals surface area contributed by atoms with Crippen LogP contribution in [0, 0.1) is 12.3 Å². The third kappa shape index (κ3) is 2.88. The average molecular weight is 424 g/mol. The predicted molar refractivity (Wildman–Crippen MR) is 137 cm³/mol. The molecule has 0 N–H and O–H groups in total. The number of nitrogens with zero attached hydrogens (tertiary/aromatic N) is 2. The summed E-state index contributed by atoms with van der Waals surface area (Å²) in [7, 11) is 4.44. The number of rotatable bonds is 2. The number of fused-ring (bicyclic) bond motifs is 4. The molecule has 2 aliphatic heterocycles. The van der Waals surface area contributed by atoms with Gasteiger partial charge in [-0.05, 0) is 55.7 Å². The second kappa shape index (κ2) is 7.07. The molecule has 2 aromatic carbocycles. The van der Waals surface area contributed by atoms with E-state index in [0.717, 1.165) is 0 Å². The highest BCUT2D eigenvalue weighted by molar-refractivity contribution is 5.98. The second-order valence-electron chi connectivity index (χ2n) is 10.8. The number of allylic oxidation sites excluding steroid dienone is 4. The van der Waals surface area contributed by atoms with Crippen LogP contribution in [0.5, 0.6) is 0 Å². The zero-order valence-electron chi connectivity index (χ0n) is 20.5. The van der Waals surface area contributed by atoms with Gasteiger partial charge in [0.25, 0.3) is 0 Å². The lowest BCUT2D eigenvalue weighted by molar-refractivity contribution is -0.518. The summed E-state index contributed by atoms with van der Waals surface area (Å²) in [4.78, 5) is 2.35. The second-order valence-corrected chi connectivity index (χ2v) is 10.8. The molecule has 3 aliphatic rings. The highest BCUT2D eigenvalue weighted by Gasteiger charge is 2.53. The molecule has 32 heavy (non-hydrogen) atoms. The van der Waals surface area contributed by atoms with Crippen LogP contribution in [0.25, 0.3) is 6.08 Å². The summed E-state index contributed by atoms with van der Waals surface area (Å²) in [6.07, 6.45) is 11.6. The van der Waals surface area contributed by atoms with Gasteiger partial charge in [-0.25, -0.2) is 4.58 Å². The molecule has 0 saturated carbocycles. The van der Waals surface area contributed by atoms with Crippen LogP contribution in [0.15, 0.2) is 72.5 Å². The van der Waals surface area contributed by atoms with Gasteiger partial charge in [-0.2, -0.15) is 0 Å². The van der Waals surface area contributed by atoms with Crippen LogP contribution in [0.3, 0.4) is 0 Å². The van der Waals surface area contributed by atoms with E-state index >= 15 is 0 Å². The van der Waals surface area contributed by atoms with Gasteiger partial charge in [-0.1, -0.05) is 68.0 Å². The summed E-state index contributed by atoms with van der Waals surface area (Å²) in [6.45, 7) is 11.7. The topological polar surface area (TPSA) is 6.25 Å². The van der Waals surface area contributed by atoms with Crippen molar-refractivity contribution in [2.75, 3.05) is 19.0 Å². The van der Waals surface area contributed by atoms with E-state index in [-0.39, 0.29) is 10.8 Å². The van der Waals surface area contributed by atoms with E-state index in [4.69, 9.17) is 0 Å². The Labute approximate surface area is 193 Å². The lowest BCUT2D eigenvalue weighted by Crippen LogP contribution is -2.31. The third-order valence-corrected chi connectivity index (χ3v) is 8.11. The normalized spacial score (nSPS) is 26.1. The molecule has 2 nitrogen and oxygen atoms in total. The lowest BCUT2D eigenvalue weighted by atomic mass is 9.68. The van der Waals surface area contributed by atoms with Crippen molar-refractivity contribution in [2.24, 2.45) is 5.41 Å². The standard InChI is InChI=1S/C30H35N2/c1-20-15-17-24-23(19-20)29(2,3)26(31(24)6)13-10-14-27-30(4,5)28-22-12-9-8-11-21(22)16-18-25(28)32(27)7/h8-19,25,28H,1-7H3/q+1. The van der Waals surface area contributed by atoms with E-state index < -0.39 is 0 Å². The summed E-state index contributed by atoms with van der Waals surface area (Å²) >= 11 is 0. The third-order valence-electron chi connectivity index (χ3n) is 8.11. The van der Waals surface area contributed by atoms with Crippen molar-refractivity contribution < 1.29 is 4.58 Å². The Morgan fingerprint density at radius 2 is 1.78 bits per heavy atom. The van der Waals surface area contributed by atoms with Crippen LogP contribution in [-0.2, 0) is 5.41 Å². The maximum absolute atomic E-state index is 2.48. The fourth-order valence-electron chi connectivity index (χ4n) is 6.40. The Balaban J connectivity index is 1.50. The van der Waals surface area contributed by atoms with Gasteiger partial charge in [-0.3, -0.25) is 0 Å². The quantitative estimate of drug-likeness (QED) is 0.502. The van der Waals surface area contributed by atoms with E-state index in [1.54, 1.807) is 0 Å². The van der Waals surface area contributed by atoms with E-state index in [1.165, 1.54) is 39.3 Å². The van der Waals surface area contributed by atoms with E-state index in [9.17, 15) is 0 Å². The van der Waals surface area contributed by atoms with Crippen LogP contribution in [-0.4, -0.2) is 30.4 Å². The first-order chi connectivity index (χ1) is 15.1. The zero-order valence-corrected chi connectivity index (χ0v) is 20.5.